The Labute approximate surface area is 117 Å². The maximum Gasteiger partial charge on any atom is 0.332 e. The topological polar surface area (TPSA) is 104 Å². The fourth-order valence-corrected chi connectivity index (χ4v) is 2.34. The molecule has 110 valence electrons. The minimum atomic E-state index is -0.503. The summed E-state index contributed by atoms with van der Waals surface area (Å²) in [7, 11) is 1.66. The molecule has 1 aliphatic rings. The van der Waals surface area contributed by atoms with Gasteiger partial charge in [-0.25, -0.2) is 4.98 Å². The van der Waals surface area contributed by atoms with E-state index < -0.39 is 11.0 Å². The monoisotopic (exact) mass is 281 g/mol. The van der Waals surface area contributed by atoms with Crippen LogP contribution >= 0.6 is 0 Å². The fraction of sp³-hybridized carbons (Fsp3) is 0.667. The summed E-state index contributed by atoms with van der Waals surface area (Å²) in [5.41, 5.74) is 0.225. The standard InChI is InChI=1S/C12H19N5O3/c1-7-4-5-16(6-9(7)18)11-10(17(19)20)8(2)14-12(13-3)15-11/h7,9,18H,4-6H2,1-3H3,(H,13,14,15). The molecule has 0 spiro atoms. The van der Waals surface area contributed by atoms with Crippen molar-refractivity contribution in [2.24, 2.45) is 5.92 Å². The maximum absolute atomic E-state index is 11.2. The molecule has 0 radical (unpaired) electrons. The van der Waals surface area contributed by atoms with Crippen LogP contribution in [0.3, 0.4) is 0 Å². The van der Waals surface area contributed by atoms with E-state index in [9.17, 15) is 15.2 Å². The summed E-state index contributed by atoms with van der Waals surface area (Å²) in [5.74, 6) is 0.811. The highest BCUT2D eigenvalue weighted by molar-refractivity contribution is 5.62. The molecular formula is C12H19N5O3. The van der Waals surface area contributed by atoms with Gasteiger partial charge in [0.1, 0.15) is 5.69 Å². The smallest absolute Gasteiger partial charge is 0.332 e. The van der Waals surface area contributed by atoms with Gasteiger partial charge in [0.05, 0.1) is 11.0 Å². The van der Waals surface area contributed by atoms with Crippen LogP contribution < -0.4 is 10.2 Å². The number of piperidine rings is 1. The van der Waals surface area contributed by atoms with Crippen molar-refractivity contribution in [2.45, 2.75) is 26.4 Å². The van der Waals surface area contributed by atoms with Gasteiger partial charge in [0.15, 0.2) is 0 Å². The third-order valence-corrected chi connectivity index (χ3v) is 3.66. The van der Waals surface area contributed by atoms with Crippen molar-refractivity contribution < 1.29 is 10.0 Å². The first-order valence-electron chi connectivity index (χ1n) is 6.57. The highest BCUT2D eigenvalue weighted by Crippen LogP contribution is 2.32. The van der Waals surface area contributed by atoms with Gasteiger partial charge in [-0.3, -0.25) is 10.1 Å². The lowest BCUT2D eigenvalue weighted by molar-refractivity contribution is -0.385. The van der Waals surface area contributed by atoms with Gasteiger partial charge in [-0.2, -0.15) is 4.98 Å². The molecule has 0 aromatic carbocycles. The van der Waals surface area contributed by atoms with E-state index in [1.54, 1.807) is 18.9 Å². The minimum Gasteiger partial charge on any atom is -0.391 e. The zero-order chi connectivity index (χ0) is 14.9. The van der Waals surface area contributed by atoms with E-state index in [4.69, 9.17) is 0 Å². The molecule has 1 saturated heterocycles. The molecule has 2 atom stereocenters. The summed E-state index contributed by atoms with van der Waals surface area (Å²) < 4.78 is 0. The Morgan fingerprint density at radius 2 is 2.20 bits per heavy atom. The average Bonchev–Trinajstić information content (AvgIpc) is 2.40. The third kappa shape index (κ3) is 2.64. The number of aryl methyl sites for hydroxylation is 1. The predicted octanol–water partition coefficient (Wildman–Crippen LogP) is 0.942. The zero-order valence-electron chi connectivity index (χ0n) is 11.8. The molecule has 1 aliphatic heterocycles. The maximum atomic E-state index is 11.2. The summed E-state index contributed by atoms with van der Waals surface area (Å²) in [5, 5.41) is 24.0. The highest BCUT2D eigenvalue weighted by Gasteiger charge is 2.31. The Kier molecular flexibility index (Phi) is 4.03. The Bertz CT molecular complexity index is 522. The molecule has 2 rings (SSSR count). The minimum absolute atomic E-state index is 0.0919. The number of rotatable bonds is 3. The van der Waals surface area contributed by atoms with E-state index in [0.717, 1.165) is 6.42 Å². The van der Waals surface area contributed by atoms with Gasteiger partial charge in [0.2, 0.25) is 11.8 Å². The van der Waals surface area contributed by atoms with E-state index in [1.165, 1.54) is 0 Å². The van der Waals surface area contributed by atoms with Crippen molar-refractivity contribution in [1.82, 2.24) is 9.97 Å². The van der Waals surface area contributed by atoms with Crippen molar-refractivity contribution in [3.63, 3.8) is 0 Å². The lowest BCUT2D eigenvalue weighted by atomic mass is 9.96. The number of nitro groups is 1. The van der Waals surface area contributed by atoms with Crippen LogP contribution in [0.5, 0.6) is 0 Å². The molecule has 2 unspecified atom stereocenters. The quantitative estimate of drug-likeness (QED) is 0.627. The van der Waals surface area contributed by atoms with Crippen LogP contribution in [0, 0.1) is 23.0 Å². The first-order valence-corrected chi connectivity index (χ1v) is 6.57. The van der Waals surface area contributed by atoms with Crippen LogP contribution in [0.1, 0.15) is 19.0 Å². The second kappa shape index (κ2) is 5.58. The van der Waals surface area contributed by atoms with Crippen LogP contribution in [0.2, 0.25) is 0 Å². The second-order valence-corrected chi connectivity index (χ2v) is 5.09. The Morgan fingerprint density at radius 3 is 2.75 bits per heavy atom. The van der Waals surface area contributed by atoms with E-state index in [-0.39, 0.29) is 17.4 Å². The number of aliphatic hydroxyl groups is 1. The van der Waals surface area contributed by atoms with Crippen molar-refractivity contribution in [3.05, 3.63) is 15.8 Å². The van der Waals surface area contributed by atoms with Crippen LogP contribution in [0.15, 0.2) is 0 Å². The Morgan fingerprint density at radius 1 is 1.50 bits per heavy atom. The molecule has 2 heterocycles. The van der Waals surface area contributed by atoms with Crippen LogP contribution in [-0.2, 0) is 0 Å². The van der Waals surface area contributed by atoms with Gasteiger partial charge in [0, 0.05) is 20.1 Å². The number of hydrogen-bond acceptors (Lipinski definition) is 7. The Hall–Kier alpha value is -1.96. The van der Waals surface area contributed by atoms with Gasteiger partial charge >= 0.3 is 5.69 Å². The van der Waals surface area contributed by atoms with E-state index in [2.05, 4.69) is 15.3 Å². The molecule has 8 nitrogen and oxygen atoms in total. The van der Waals surface area contributed by atoms with Crippen molar-refractivity contribution in [3.8, 4) is 0 Å². The van der Waals surface area contributed by atoms with E-state index in [0.29, 0.717) is 24.7 Å². The zero-order valence-corrected chi connectivity index (χ0v) is 11.8. The predicted molar refractivity (Wildman–Crippen MR) is 75.0 cm³/mol. The molecule has 0 saturated carbocycles. The number of nitrogens with one attached hydrogen (secondary N) is 1. The molecule has 0 aliphatic carbocycles. The molecule has 0 bridgehead atoms. The van der Waals surface area contributed by atoms with Crippen LogP contribution in [0.25, 0.3) is 0 Å². The summed E-state index contributed by atoms with van der Waals surface area (Å²) >= 11 is 0. The van der Waals surface area contributed by atoms with Crippen LogP contribution in [0.4, 0.5) is 17.5 Å². The van der Waals surface area contributed by atoms with Crippen LogP contribution in [-0.4, -0.2) is 46.2 Å². The summed E-state index contributed by atoms with van der Waals surface area (Å²) in [6, 6.07) is 0. The number of nitrogens with zero attached hydrogens (tertiary/aromatic N) is 4. The summed E-state index contributed by atoms with van der Waals surface area (Å²) in [4.78, 5) is 20.8. The number of aromatic nitrogens is 2. The van der Waals surface area contributed by atoms with Crippen molar-refractivity contribution >= 4 is 17.5 Å². The largest absolute Gasteiger partial charge is 0.391 e. The highest BCUT2D eigenvalue weighted by atomic mass is 16.6. The van der Waals surface area contributed by atoms with Gasteiger partial charge in [0.25, 0.3) is 0 Å². The molecule has 20 heavy (non-hydrogen) atoms. The summed E-state index contributed by atoms with van der Waals surface area (Å²) in [6.07, 6.45) is 0.271. The second-order valence-electron chi connectivity index (χ2n) is 5.09. The lowest BCUT2D eigenvalue weighted by Crippen LogP contribution is -2.43. The number of hydrogen-bond donors (Lipinski definition) is 2. The number of anilines is 2. The molecule has 0 amide bonds. The van der Waals surface area contributed by atoms with Crippen molar-refractivity contribution in [1.29, 1.82) is 0 Å². The molecule has 1 aromatic heterocycles. The third-order valence-electron chi connectivity index (χ3n) is 3.66. The fourth-order valence-electron chi connectivity index (χ4n) is 2.34. The number of β-amino-alcohol motifs (C(OH)–C–C–N with tert-alkyl or cyclic N) is 1. The first kappa shape index (κ1) is 14.4. The summed E-state index contributed by atoms with van der Waals surface area (Å²) in [6.45, 7) is 4.55. The first-order chi connectivity index (χ1) is 9.43. The average molecular weight is 281 g/mol. The SMILES string of the molecule is CNc1nc(C)c([N+](=O)[O-])c(N2CCC(C)C(O)C2)n1. The molecule has 1 aromatic rings. The Balaban J connectivity index is 2.43. The normalized spacial score (nSPS) is 22.7. The van der Waals surface area contributed by atoms with Crippen molar-refractivity contribution in [2.75, 3.05) is 30.4 Å². The van der Waals surface area contributed by atoms with Gasteiger partial charge in [-0.1, -0.05) is 6.92 Å². The molecule has 8 heteroatoms. The van der Waals surface area contributed by atoms with E-state index in [1.807, 2.05) is 6.92 Å². The lowest BCUT2D eigenvalue weighted by Gasteiger charge is -2.34. The van der Waals surface area contributed by atoms with Gasteiger partial charge in [-0.05, 0) is 19.3 Å². The molecular weight excluding hydrogens is 262 g/mol. The van der Waals surface area contributed by atoms with Gasteiger partial charge in [-0.15, -0.1) is 0 Å². The molecule has 1 fully saturated rings. The van der Waals surface area contributed by atoms with E-state index >= 15 is 0 Å². The molecule has 2 N–H and O–H groups in total. The number of aliphatic hydroxyl groups excluding tert-OH is 1. The van der Waals surface area contributed by atoms with Gasteiger partial charge < -0.3 is 15.3 Å².